The summed E-state index contributed by atoms with van der Waals surface area (Å²) in [7, 11) is 1.74. The van der Waals surface area contributed by atoms with Crippen molar-refractivity contribution in [3.05, 3.63) is 30.1 Å². The van der Waals surface area contributed by atoms with Gasteiger partial charge in [0.2, 0.25) is 0 Å². The van der Waals surface area contributed by atoms with E-state index in [-0.39, 0.29) is 25.1 Å². The maximum Gasteiger partial charge on any atom is 0.123 e. The number of anilines is 1. The minimum Gasteiger partial charge on any atom is -0.394 e. The first-order valence-corrected chi connectivity index (χ1v) is 4.39. The molecule has 1 aromatic carbocycles. The molecule has 14 heavy (non-hydrogen) atoms. The van der Waals surface area contributed by atoms with Crippen molar-refractivity contribution in [2.45, 2.75) is 6.04 Å². The van der Waals surface area contributed by atoms with Crippen LogP contribution in [0.3, 0.4) is 0 Å². The Morgan fingerprint density at radius 2 is 1.71 bits per heavy atom. The lowest BCUT2D eigenvalue weighted by Gasteiger charge is -2.26. The largest absolute Gasteiger partial charge is 0.394 e. The van der Waals surface area contributed by atoms with E-state index < -0.39 is 0 Å². The lowest BCUT2D eigenvalue weighted by Crippen LogP contribution is -2.37. The van der Waals surface area contributed by atoms with E-state index in [0.717, 1.165) is 5.69 Å². The van der Waals surface area contributed by atoms with Crippen LogP contribution in [0.2, 0.25) is 0 Å². The molecule has 0 radical (unpaired) electrons. The van der Waals surface area contributed by atoms with Crippen LogP contribution in [0, 0.1) is 5.82 Å². The van der Waals surface area contributed by atoms with E-state index in [4.69, 9.17) is 10.2 Å². The van der Waals surface area contributed by atoms with Crippen molar-refractivity contribution >= 4 is 5.69 Å². The molecule has 0 heterocycles. The van der Waals surface area contributed by atoms with Crippen LogP contribution in [0.5, 0.6) is 0 Å². The van der Waals surface area contributed by atoms with Gasteiger partial charge in [0.25, 0.3) is 0 Å². The van der Waals surface area contributed by atoms with Crippen molar-refractivity contribution in [3.8, 4) is 0 Å². The van der Waals surface area contributed by atoms with Gasteiger partial charge in [0, 0.05) is 12.7 Å². The second-order valence-electron chi connectivity index (χ2n) is 3.11. The Hall–Kier alpha value is -1.13. The zero-order chi connectivity index (χ0) is 10.6. The van der Waals surface area contributed by atoms with Gasteiger partial charge in [0.05, 0.1) is 19.3 Å². The van der Waals surface area contributed by atoms with Crippen molar-refractivity contribution < 1.29 is 14.6 Å². The first-order valence-electron chi connectivity index (χ1n) is 4.39. The van der Waals surface area contributed by atoms with Gasteiger partial charge in [-0.2, -0.15) is 0 Å². The fraction of sp³-hybridized carbons (Fsp3) is 0.400. The highest BCUT2D eigenvalue weighted by Gasteiger charge is 2.12. The summed E-state index contributed by atoms with van der Waals surface area (Å²) in [5.41, 5.74) is 0.763. The summed E-state index contributed by atoms with van der Waals surface area (Å²) in [5.74, 6) is -0.299. The summed E-state index contributed by atoms with van der Waals surface area (Å²) in [6.45, 7) is -0.269. The monoisotopic (exact) mass is 199 g/mol. The van der Waals surface area contributed by atoms with Crippen LogP contribution in [0.15, 0.2) is 24.3 Å². The van der Waals surface area contributed by atoms with E-state index in [1.165, 1.54) is 12.1 Å². The molecule has 0 amide bonds. The van der Waals surface area contributed by atoms with Crippen LogP contribution < -0.4 is 4.90 Å². The Balaban J connectivity index is 2.77. The maximum absolute atomic E-state index is 12.6. The fourth-order valence-electron chi connectivity index (χ4n) is 1.19. The molecule has 0 aliphatic rings. The van der Waals surface area contributed by atoms with Gasteiger partial charge < -0.3 is 15.1 Å². The van der Waals surface area contributed by atoms with Gasteiger partial charge in [0.1, 0.15) is 5.82 Å². The predicted octanol–water partition coefficient (Wildman–Crippen LogP) is 0.615. The normalized spacial score (nSPS) is 10.6. The minimum absolute atomic E-state index is 0.135. The molecule has 0 aliphatic heterocycles. The van der Waals surface area contributed by atoms with Crippen molar-refractivity contribution in [1.82, 2.24) is 0 Å². The Morgan fingerprint density at radius 1 is 1.21 bits per heavy atom. The molecular weight excluding hydrogens is 185 g/mol. The first kappa shape index (κ1) is 10.9. The van der Waals surface area contributed by atoms with Crippen molar-refractivity contribution in [2.75, 3.05) is 25.2 Å². The molecule has 0 unspecified atom stereocenters. The van der Waals surface area contributed by atoms with E-state index in [2.05, 4.69) is 0 Å². The van der Waals surface area contributed by atoms with Gasteiger partial charge in [0.15, 0.2) is 0 Å². The summed E-state index contributed by atoms with van der Waals surface area (Å²) in [6.07, 6.45) is 0. The van der Waals surface area contributed by atoms with Crippen LogP contribution in [-0.4, -0.2) is 36.5 Å². The molecule has 4 heteroatoms. The van der Waals surface area contributed by atoms with Gasteiger partial charge in [-0.1, -0.05) is 0 Å². The third-order valence-electron chi connectivity index (χ3n) is 2.20. The van der Waals surface area contributed by atoms with Gasteiger partial charge in [-0.3, -0.25) is 0 Å². The molecule has 0 bridgehead atoms. The Morgan fingerprint density at radius 3 is 2.14 bits per heavy atom. The number of likely N-dealkylation sites (N-methyl/N-ethyl adjacent to an activating group) is 1. The molecular formula is C10H14FNO2. The molecule has 0 atom stereocenters. The molecule has 0 spiro atoms. The maximum atomic E-state index is 12.6. The number of aliphatic hydroxyl groups excluding tert-OH is 2. The number of hydrogen-bond donors (Lipinski definition) is 2. The highest BCUT2D eigenvalue weighted by atomic mass is 19.1. The van der Waals surface area contributed by atoms with Crippen LogP contribution in [0.4, 0.5) is 10.1 Å². The molecule has 1 aromatic rings. The van der Waals surface area contributed by atoms with Gasteiger partial charge in [-0.25, -0.2) is 4.39 Å². The average molecular weight is 199 g/mol. The van der Waals surface area contributed by atoms with E-state index >= 15 is 0 Å². The van der Waals surface area contributed by atoms with Crippen molar-refractivity contribution in [1.29, 1.82) is 0 Å². The summed E-state index contributed by atoms with van der Waals surface area (Å²) in [5, 5.41) is 17.9. The zero-order valence-corrected chi connectivity index (χ0v) is 8.02. The van der Waals surface area contributed by atoms with Crippen molar-refractivity contribution in [3.63, 3.8) is 0 Å². The van der Waals surface area contributed by atoms with E-state index in [9.17, 15) is 4.39 Å². The third kappa shape index (κ3) is 2.43. The highest BCUT2D eigenvalue weighted by Crippen LogP contribution is 2.15. The molecule has 0 saturated carbocycles. The number of halogens is 1. The summed E-state index contributed by atoms with van der Waals surface area (Å²) in [6, 6.07) is 5.55. The van der Waals surface area contributed by atoms with E-state index in [1.807, 2.05) is 0 Å². The summed E-state index contributed by atoms with van der Waals surface area (Å²) in [4.78, 5) is 1.71. The number of rotatable bonds is 4. The third-order valence-corrected chi connectivity index (χ3v) is 2.20. The fourth-order valence-corrected chi connectivity index (χ4v) is 1.19. The summed E-state index contributed by atoms with van der Waals surface area (Å²) < 4.78 is 12.6. The van der Waals surface area contributed by atoms with Crippen molar-refractivity contribution in [2.24, 2.45) is 0 Å². The smallest absolute Gasteiger partial charge is 0.123 e. The number of aliphatic hydroxyl groups is 2. The van der Waals surface area contributed by atoms with E-state index in [0.29, 0.717) is 0 Å². The molecule has 1 rings (SSSR count). The number of benzene rings is 1. The van der Waals surface area contributed by atoms with Crippen LogP contribution in [0.25, 0.3) is 0 Å². The number of nitrogens with zero attached hydrogens (tertiary/aromatic N) is 1. The molecule has 2 N–H and O–H groups in total. The topological polar surface area (TPSA) is 43.7 Å². The highest BCUT2D eigenvalue weighted by molar-refractivity contribution is 5.46. The quantitative estimate of drug-likeness (QED) is 0.747. The number of hydrogen-bond acceptors (Lipinski definition) is 3. The molecule has 78 valence electrons. The molecule has 0 saturated heterocycles. The molecule has 3 nitrogen and oxygen atoms in total. The summed E-state index contributed by atoms with van der Waals surface area (Å²) >= 11 is 0. The molecule has 0 aliphatic carbocycles. The van der Waals surface area contributed by atoms with Crippen LogP contribution in [0.1, 0.15) is 0 Å². The Kier molecular flexibility index (Phi) is 3.85. The molecule has 0 fully saturated rings. The minimum atomic E-state index is -0.347. The zero-order valence-electron chi connectivity index (χ0n) is 8.02. The first-order chi connectivity index (χ1) is 6.69. The van der Waals surface area contributed by atoms with E-state index in [1.54, 1.807) is 24.1 Å². The van der Waals surface area contributed by atoms with Gasteiger partial charge in [-0.15, -0.1) is 0 Å². The second-order valence-corrected chi connectivity index (χ2v) is 3.11. The Bertz CT molecular complexity index is 272. The Labute approximate surface area is 82.4 Å². The lowest BCUT2D eigenvalue weighted by atomic mass is 10.2. The van der Waals surface area contributed by atoms with Gasteiger partial charge in [-0.05, 0) is 24.3 Å². The molecule has 0 aromatic heterocycles. The average Bonchev–Trinajstić information content (AvgIpc) is 2.20. The second kappa shape index (κ2) is 4.93. The predicted molar refractivity (Wildman–Crippen MR) is 52.8 cm³/mol. The van der Waals surface area contributed by atoms with Gasteiger partial charge >= 0.3 is 0 Å². The van der Waals surface area contributed by atoms with Crippen LogP contribution >= 0.6 is 0 Å². The lowest BCUT2D eigenvalue weighted by molar-refractivity contribution is 0.191. The SMILES string of the molecule is CN(c1ccc(F)cc1)C(CO)CO. The van der Waals surface area contributed by atoms with Crippen LogP contribution in [-0.2, 0) is 0 Å². The standard InChI is InChI=1S/C10H14FNO2/c1-12(10(6-13)7-14)9-4-2-8(11)3-5-9/h2-5,10,13-14H,6-7H2,1H3.